The summed E-state index contributed by atoms with van der Waals surface area (Å²) in [6, 6.07) is 8.27. The second-order valence-corrected chi connectivity index (χ2v) is 5.67. The average molecular weight is 285 g/mol. The van der Waals surface area contributed by atoms with Crippen LogP contribution in [0.2, 0.25) is 0 Å². The van der Waals surface area contributed by atoms with Crippen LogP contribution < -0.4 is 0 Å². The summed E-state index contributed by atoms with van der Waals surface area (Å²) < 4.78 is 0. The Morgan fingerprint density at radius 1 is 1.19 bits per heavy atom. The first-order valence-corrected chi connectivity index (χ1v) is 7.83. The van der Waals surface area contributed by atoms with Crippen LogP contribution in [-0.4, -0.2) is 53.4 Å². The Balaban J connectivity index is 1.56. The maximum atomic E-state index is 12.3. The van der Waals surface area contributed by atoms with Crippen LogP contribution in [-0.2, 0) is 11.2 Å². The lowest BCUT2D eigenvalue weighted by molar-refractivity contribution is -0.132. The molecule has 0 spiro atoms. The van der Waals surface area contributed by atoms with E-state index in [1.54, 1.807) is 0 Å². The van der Waals surface area contributed by atoms with Crippen molar-refractivity contribution < 1.29 is 4.79 Å². The first-order valence-electron chi connectivity index (χ1n) is 7.83. The summed E-state index contributed by atoms with van der Waals surface area (Å²) in [6.45, 7) is 7.03. The largest absolute Gasteiger partial charge is 0.361 e. The molecule has 1 aliphatic heterocycles. The zero-order valence-corrected chi connectivity index (χ0v) is 12.6. The second-order valence-electron chi connectivity index (χ2n) is 5.67. The number of carbonyl (C=O) groups is 1. The van der Waals surface area contributed by atoms with Crippen LogP contribution in [0.15, 0.2) is 30.5 Å². The van der Waals surface area contributed by atoms with E-state index in [1.165, 1.54) is 10.9 Å². The van der Waals surface area contributed by atoms with E-state index < -0.39 is 0 Å². The van der Waals surface area contributed by atoms with Gasteiger partial charge in [0, 0.05) is 49.7 Å². The summed E-state index contributed by atoms with van der Waals surface area (Å²) in [5.41, 5.74) is 2.39. The molecule has 2 aromatic rings. The summed E-state index contributed by atoms with van der Waals surface area (Å²) in [4.78, 5) is 20.0. The number of hydrogen-bond donors (Lipinski definition) is 1. The molecule has 1 saturated heterocycles. The Labute approximate surface area is 125 Å². The van der Waals surface area contributed by atoms with E-state index in [0.29, 0.717) is 6.42 Å². The van der Waals surface area contributed by atoms with Gasteiger partial charge < -0.3 is 14.8 Å². The van der Waals surface area contributed by atoms with Crippen molar-refractivity contribution in [1.82, 2.24) is 14.8 Å². The first kappa shape index (κ1) is 14.1. The Kier molecular flexibility index (Phi) is 4.25. The molecule has 1 aromatic heterocycles. The smallest absolute Gasteiger partial charge is 0.222 e. The number of benzene rings is 1. The normalized spacial score (nSPS) is 16.5. The number of aryl methyl sites for hydroxylation is 1. The molecule has 4 heteroatoms. The number of hydrogen-bond acceptors (Lipinski definition) is 2. The van der Waals surface area contributed by atoms with Gasteiger partial charge in [0.1, 0.15) is 0 Å². The van der Waals surface area contributed by atoms with E-state index in [2.05, 4.69) is 28.9 Å². The molecule has 1 aliphatic rings. The highest BCUT2D eigenvalue weighted by atomic mass is 16.2. The molecule has 3 rings (SSSR count). The van der Waals surface area contributed by atoms with Crippen molar-refractivity contribution in [3.8, 4) is 0 Å². The molecule has 1 amide bonds. The number of carbonyl (C=O) groups excluding carboxylic acids is 1. The van der Waals surface area contributed by atoms with Crippen molar-refractivity contribution in [3.63, 3.8) is 0 Å². The molecule has 4 nitrogen and oxygen atoms in total. The Morgan fingerprint density at radius 3 is 2.71 bits per heavy atom. The predicted octanol–water partition coefficient (Wildman–Crippen LogP) is 2.26. The summed E-state index contributed by atoms with van der Waals surface area (Å²) in [6.07, 6.45) is 3.46. The van der Waals surface area contributed by atoms with E-state index in [4.69, 9.17) is 0 Å². The van der Waals surface area contributed by atoms with Gasteiger partial charge in [0.15, 0.2) is 0 Å². The van der Waals surface area contributed by atoms with Crippen LogP contribution in [0.3, 0.4) is 0 Å². The highest BCUT2D eigenvalue weighted by Crippen LogP contribution is 2.19. The van der Waals surface area contributed by atoms with Gasteiger partial charge in [-0.1, -0.05) is 25.1 Å². The van der Waals surface area contributed by atoms with Gasteiger partial charge in [0.25, 0.3) is 0 Å². The van der Waals surface area contributed by atoms with Gasteiger partial charge in [-0.15, -0.1) is 0 Å². The van der Waals surface area contributed by atoms with Crippen molar-refractivity contribution in [2.24, 2.45) is 0 Å². The lowest BCUT2D eigenvalue weighted by Crippen LogP contribution is -2.48. The van der Waals surface area contributed by atoms with Crippen LogP contribution in [0.1, 0.15) is 18.9 Å². The fourth-order valence-electron chi connectivity index (χ4n) is 3.05. The van der Waals surface area contributed by atoms with E-state index in [-0.39, 0.29) is 5.91 Å². The number of piperazine rings is 1. The topological polar surface area (TPSA) is 39.3 Å². The monoisotopic (exact) mass is 285 g/mol. The van der Waals surface area contributed by atoms with Gasteiger partial charge in [-0.25, -0.2) is 0 Å². The van der Waals surface area contributed by atoms with Crippen molar-refractivity contribution in [2.75, 3.05) is 32.7 Å². The Hall–Kier alpha value is -1.81. The summed E-state index contributed by atoms with van der Waals surface area (Å²) >= 11 is 0. The molecule has 1 fully saturated rings. The molecule has 1 N–H and O–H groups in total. The molecule has 112 valence electrons. The number of rotatable bonds is 4. The maximum absolute atomic E-state index is 12.3. The van der Waals surface area contributed by atoms with E-state index >= 15 is 0 Å². The lowest BCUT2D eigenvalue weighted by atomic mass is 10.1. The molecule has 0 atom stereocenters. The van der Waals surface area contributed by atoms with Crippen molar-refractivity contribution in [1.29, 1.82) is 0 Å². The van der Waals surface area contributed by atoms with Gasteiger partial charge >= 0.3 is 0 Å². The van der Waals surface area contributed by atoms with Gasteiger partial charge in [-0.2, -0.15) is 0 Å². The number of amides is 1. The third-order valence-electron chi connectivity index (χ3n) is 4.46. The van der Waals surface area contributed by atoms with Crippen LogP contribution in [0, 0.1) is 0 Å². The molecule has 2 heterocycles. The van der Waals surface area contributed by atoms with Crippen LogP contribution in [0.25, 0.3) is 10.9 Å². The minimum absolute atomic E-state index is 0.288. The molecule has 0 aliphatic carbocycles. The number of aromatic amines is 1. The zero-order valence-electron chi connectivity index (χ0n) is 12.6. The van der Waals surface area contributed by atoms with Crippen LogP contribution in [0.4, 0.5) is 0 Å². The lowest BCUT2D eigenvalue weighted by Gasteiger charge is -2.34. The van der Waals surface area contributed by atoms with Gasteiger partial charge in [-0.3, -0.25) is 4.79 Å². The Morgan fingerprint density at radius 2 is 1.95 bits per heavy atom. The highest BCUT2D eigenvalue weighted by molar-refractivity contribution is 5.84. The predicted molar refractivity (Wildman–Crippen MR) is 85.3 cm³/mol. The fourth-order valence-corrected chi connectivity index (χ4v) is 3.05. The number of aromatic nitrogens is 1. The van der Waals surface area contributed by atoms with Crippen LogP contribution in [0.5, 0.6) is 0 Å². The SMILES string of the molecule is CCN1CCN(C(=O)CCc2c[nH]c3ccccc23)CC1. The molecular formula is C17H23N3O. The third kappa shape index (κ3) is 3.10. The standard InChI is InChI=1S/C17H23N3O/c1-2-19-9-11-20(12-10-19)17(21)8-7-14-13-18-16-6-4-3-5-15(14)16/h3-6,13,18H,2,7-12H2,1H3. The highest BCUT2D eigenvalue weighted by Gasteiger charge is 2.20. The van der Waals surface area contributed by atoms with E-state index in [9.17, 15) is 4.79 Å². The quantitative estimate of drug-likeness (QED) is 0.936. The summed E-state index contributed by atoms with van der Waals surface area (Å²) in [5, 5.41) is 1.24. The number of H-pyrrole nitrogens is 1. The molecule has 0 saturated carbocycles. The minimum atomic E-state index is 0.288. The van der Waals surface area contributed by atoms with Crippen molar-refractivity contribution in [3.05, 3.63) is 36.0 Å². The second kappa shape index (κ2) is 6.31. The van der Waals surface area contributed by atoms with E-state index in [0.717, 1.165) is 44.7 Å². The molecule has 0 radical (unpaired) electrons. The number of para-hydroxylation sites is 1. The fraction of sp³-hybridized carbons (Fsp3) is 0.471. The molecule has 0 bridgehead atoms. The number of likely N-dealkylation sites (N-methyl/N-ethyl adjacent to an activating group) is 1. The van der Waals surface area contributed by atoms with Crippen molar-refractivity contribution >= 4 is 16.8 Å². The molecule has 21 heavy (non-hydrogen) atoms. The van der Waals surface area contributed by atoms with Gasteiger partial charge in [-0.05, 0) is 24.6 Å². The van der Waals surface area contributed by atoms with E-state index in [1.807, 2.05) is 23.2 Å². The summed E-state index contributed by atoms with van der Waals surface area (Å²) in [7, 11) is 0. The molecular weight excluding hydrogens is 262 g/mol. The maximum Gasteiger partial charge on any atom is 0.222 e. The van der Waals surface area contributed by atoms with Gasteiger partial charge in [0.2, 0.25) is 5.91 Å². The first-order chi connectivity index (χ1) is 10.3. The molecule has 1 aromatic carbocycles. The number of fused-ring (bicyclic) bond motifs is 1. The average Bonchev–Trinajstić information content (AvgIpc) is 2.96. The zero-order chi connectivity index (χ0) is 14.7. The minimum Gasteiger partial charge on any atom is -0.361 e. The van der Waals surface area contributed by atoms with Crippen molar-refractivity contribution in [2.45, 2.75) is 19.8 Å². The Bertz CT molecular complexity index is 611. The summed E-state index contributed by atoms with van der Waals surface area (Å²) in [5.74, 6) is 0.288. The van der Waals surface area contributed by atoms with Gasteiger partial charge in [0.05, 0.1) is 0 Å². The third-order valence-corrected chi connectivity index (χ3v) is 4.46. The number of nitrogens with one attached hydrogen (secondary N) is 1. The van der Waals surface area contributed by atoms with Crippen LogP contribution >= 0.6 is 0 Å². The number of nitrogens with zero attached hydrogens (tertiary/aromatic N) is 2. The molecule has 0 unspecified atom stereocenters.